The third kappa shape index (κ3) is 7.58. The highest BCUT2D eigenvalue weighted by Gasteiger charge is 2.33. The molecule has 3 aliphatic rings. The minimum atomic E-state index is -0.440. The van der Waals surface area contributed by atoms with Crippen LogP contribution in [0.25, 0.3) is 0 Å². The molecule has 4 rings (SSSR count). The Bertz CT molecular complexity index is 827. The fraction of sp³-hybridized carbons (Fsp3) is 0.704. The summed E-state index contributed by atoms with van der Waals surface area (Å²) in [5, 5.41) is 0. The van der Waals surface area contributed by atoms with Crippen molar-refractivity contribution in [2.24, 2.45) is 5.92 Å². The normalized spacial score (nSPS) is 22.9. The first-order valence-corrected chi connectivity index (χ1v) is 13.2. The Morgan fingerprint density at radius 3 is 2.17 bits per heavy atom. The summed E-state index contributed by atoms with van der Waals surface area (Å²) in [6.45, 7) is 14.6. The lowest BCUT2D eigenvalue weighted by Gasteiger charge is -2.43. The zero-order valence-electron chi connectivity index (χ0n) is 21.7. The van der Waals surface area contributed by atoms with Gasteiger partial charge in [0.2, 0.25) is 0 Å². The molecule has 194 valence electrons. The molecule has 3 fully saturated rings. The highest BCUT2D eigenvalue weighted by atomic mass is 16.6. The van der Waals surface area contributed by atoms with Crippen LogP contribution in [0, 0.1) is 5.92 Å². The molecule has 0 aliphatic carbocycles. The molecule has 3 aliphatic heterocycles. The zero-order chi connectivity index (χ0) is 24.8. The lowest BCUT2D eigenvalue weighted by molar-refractivity contribution is 0.0273. The number of hydrogen-bond donors (Lipinski definition) is 0. The van der Waals surface area contributed by atoms with Crippen LogP contribution in [0.1, 0.15) is 45.6 Å². The van der Waals surface area contributed by atoms with Crippen LogP contribution in [-0.2, 0) is 16.1 Å². The number of rotatable bonds is 5. The molecule has 8 heteroatoms. The number of piperazine rings is 1. The van der Waals surface area contributed by atoms with Gasteiger partial charge in [0.05, 0.1) is 0 Å². The molecule has 1 aromatic rings. The average Bonchev–Trinajstić information content (AvgIpc) is 3.31. The topological polar surface area (TPSA) is 65.6 Å². The minimum absolute atomic E-state index is 0.180. The van der Waals surface area contributed by atoms with E-state index in [1.54, 1.807) is 0 Å². The second-order valence-electron chi connectivity index (χ2n) is 11.2. The molecule has 0 saturated carbocycles. The van der Waals surface area contributed by atoms with Crippen molar-refractivity contribution < 1.29 is 19.1 Å². The molecule has 0 aromatic heterocycles. The SMILES string of the molecule is CC(C)(C)OC(=O)N1CCC(CN2CCN(C3CCN(C(=O)OCc4ccccc4)CC3)CC2)C1. The predicted molar refractivity (Wildman–Crippen MR) is 135 cm³/mol. The van der Waals surface area contributed by atoms with E-state index in [0.29, 0.717) is 18.6 Å². The number of ether oxygens (including phenoxy) is 2. The van der Waals surface area contributed by atoms with Crippen molar-refractivity contribution in [2.45, 2.75) is 58.3 Å². The van der Waals surface area contributed by atoms with Gasteiger partial charge in [-0.15, -0.1) is 0 Å². The smallest absolute Gasteiger partial charge is 0.410 e. The summed E-state index contributed by atoms with van der Waals surface area (Å²) < 4.78 is 11.0. The van der Waals surface area contributed by atoms with E-state index in [0.717, 1.165) is 83.7 Å². The molecule has 3 heterocycles. The first kappa shape index (κ1) is 25.8. The Labute approximate surface area is 210 Å². The van der Waals surface area contributed by atoms with Crippen LogP contribution in [0.2, 0.25) is 0 Å². The third-order valence-electron chi connectivity index (χ3n) is 7.31. The molecule has 0 radical (unpaired) electrons. The van der Waals surface area contributed by atoms with Gasteiger partial charge in [0, 0.05) is 64.9 Å². The quantitative estimate of drug-likeness (QED) is 0.633. The molecule has 0 bridgehead atoms. The number of nitrogens with zero attached hydrogens (tertiary/aromatic N) is 4. The summed E-state index contributed by atoms with van der Waals surface area (Å²) >= 11 is 0. The summed E-state index contributed by atoms with van der Waals surface area (Å²) in [7, 11) is 0. The van der Waals surface area contributed by atoms with E-state index in [-0.39, 0.29) is 12.2 Å². The van der Waals surface area contributed by atoms with Gasteiger partial charge in [0.15, 0.2) is 0 Å². The summed E-state index contributed by atoms with van der Waals surface area (Å²) in [6, 6.07) is 10.4. The van der Waals surface area contributed by atoms with Crippen LogP contribution in [-0.4, -0.2) is 102 Å². The van der Waals surface area contributed by atoms with Gasteiger partial charge in [-0.05, 0) is 51.5 Å². The lowest BCUT2D eigenvalue weighted by atomic mass is 10.0. The molecule has 0 spiro atoms. The first-order chi connectivity index (χ1) is 16.8. The van der Waals surface area contributed by atoms with Crippen LogP contribution >= 0.6 is 0 Å². The fourth-order valence-electron chi connectivity index (χ4n) is 5.37. The van der Waals surface area contributed by atoms with E-state index in [1.165, 1.54) is 0 Å². The fourth-order valence-corrected chi connectivity index (χ4v) is 5.37. The summed E-state index contributed by atoms with van der Waals surface area (Å²) in [5.41, 5.74) is 0.577. The standard InChI is InChI=1S/C27H42N4O4/c1-27(2,3)35-26(33)31-12-9-23(20-31)19-28-15-17-29(18-16-28)24-10-13-30(14-11-24)25(32)34-21-22-7-5-4-6-8-22/h4-8,23-24H,9-21H2,1-3H3. The van der Waals surface area contributed by atoms with Crippen LogP contribution in [0.5, 0.6) is 0 Å². The van der Waals surface area contributed by atoms with Crippen LogP contribution in [0.3, 0.4) is 0 Å². The van der Waals surface area contributed by atoms with Gasteiger partial charge >= 0.3 is 12.2 Å². The monoisotopic (exact) mass is 486 g/mol. The van der Waals surface area contributed by atoms with Gasteiger partial charge in [0.25, 0.3) is 0 Å². The third-order valence-corrected chi connectivity index (χ3v) is 7.31. The Kier molecular flexibility index (Phi) is 8.55. The summed E-state index contributed by atoms with van der Waals surface area (Å²) in [5.74, 6) is 0.527. The van der Waals surface area contributed by atoms with E-state index in [9.17, 15) is 9.59 Å². The Morgan fingerprint density at radius 2 is 1.51 bits per heavy atom. The van der Waals surface area contributed by atoms with Gasteiger partial charge in [-0.2, -0.15) is 0 Å². The maximum atomic E-state index is 12.4. The number of benzene rings is 1. The second-order valence-corrected chi connectivity index (χ2v) is 11.2. The van der Waals surface area contributed by atoms with Crippen molar-refractivity contribution in [3.05, 3.63) is 35.9 Å². The van der Waals surface area contributed by atoms with Gasteiger partial charge in [-0.25, -0.2) is 9.59 Å². The van der Waals surface area contributed by atoms with Crippen molar-refractivity contribution in [2.75, 3.05) is 58.9 Å². The van der Waals surface area contributed by atoms with Crippen molar-refractivity contribution in [1.82, 2.24) is 19.6 Å². The number of hydrogen-bond acceptors (Lipinski definition) is 6. The molecule has 0 N–H and O–H groups in total. The minimum Gasteiger partial charge on any atom is -0.445 e. The molecular weight excluding hydrogens is 444 g/mol. The summed E-state index contributed by atoms with van der Waals surface area (Å²) in [4.78, 5) is 33.7. The number of piperidine rings is 1. The van der Waals surface area contributed by atoms with Crippen LogP contribution < -0.4 is 0 Å². The van der Waals surface area contributed by atoms with E-state index in [4.69, 9.17) is 9.47 Å². The summed E-state index contributed by atoms with van der Waals surface area (Å²) in [6.07, 6.45) is 2.69. The Balaban J connectivity index is 1.12. The van der Waals surface area contributed by atoms with Crippen molar-refractivity contribution in [3.63, 3.8) is 0 Å². The number of carbonyl (C=O) groups is 2. The Morgan fingerprint density at radius 1 is 0.857 bits per heavy atom. The van der Waals surface area contributed by atoms with E-state index >= 15 is 0 Å². The lowest BCUT2D eigenvalue weighted by Crippen LogP contribution is -2.54. The molecule has 8 nitrogen and oxygen atoms in total. The molecule has 35 heavy (non-hydrogen) atoms. The molecule has 3 saturated heterocycles. The number of likely N-dealkylation sites (tertiary alicyclic amines) is 2. The van der Waals surface area contributed by atoms with Crippen molar-refractivity contribution in [1.29, 1.82) is 0 Å². The number of carbonyl (C=O) groups excluding carboxylic acids is 2. The zero-order valence-corrected chi connectivity index (χ0v) is 21.7. The average molecular weight is 487 g/mol. The van der Waals surface area contributed by atoms with Crippen molar-refractivity contribution in [3.8, 4) is 0 Å². The van der Waals surface area contributed by atoms with Gasteiger partial charge in [-0.3, -0.25) is 4.90 Å². The largest absolute Gasteiger partial charge is 0.445 e. The highest BCUT2D eigenvalue weighted by molar-refractivity contribution is 5.68. The van der Waals surface area contributed by atoms with E-state index in [1.807, 2.05) is 60.9 Å². The second kappa shape index (κ2) is 11.6. The molecule has 1 unspecified atom stereocenters. The molecule has 1 atom stereocenters. The maximum Gasteiger partial charge on any atom is 0.410 e. The van der Waals surface area contributed by atoms with Crippen molar-refractivity contribution >= 4 is 12.2 Å². The van der Waals surface area contributed by atoms with E-state index < -0.39 is 5.60 Å². The molecular formula is C27H42N4O4. The maximum absolute atomic E-state index is 12.4. The number of amides is 2. The highest BCUT2D eigenvalue weighted by Crippen LogP contribution is 2.23. The first-order valence-electron chi connectivity index (χ1n) is 13.2. The van der Waals surface area contributed by atoms with Crippen LogP contribution in [0.4, 0.5) is 9.59 Å². The molecule has 2 amide bonds. The molecule has 1 aromatic carbocycles. The van der Waals surface area contributed by atoms with Gasteiger partial charge < -0.3 is 24.2 Å². The van der Waals surface area contributed by atoms with Gasteiger partial charge in [0.1, 0.15) is 12.2 Å². The van der Waals surface area contributed by atoms with E-state index in [2.05, 4.69) is 9.80 Å². The van der Waals surface area contributed by atoms with Gasteiger partial charge in [-0.1, -0.05) is 30.3 Å². The van der Waals surface area contributed by atoms with Crippen LogP contribution in [0.15, 0.2) is 30.3 Å². The predicted octanol–water partition coefficient (Wildman–Crippen LogP) is 3.66. The Hall–Kier alpha value is -2.32.